The van der Waals surface area contributed by atoms with Crippen molar-refractivity contribution >= 4 is 12.1 Å². The Labute approximate surface area is 164 Å². The van der Waals surface area contributed by atoms with Gasteiger partial charge in [-0.05, 0) is 61.7 Å². The van der Waals surface area contributed by atoms with Gasteiger partial charge in [-0.15, -0.1) is 0 Å². The van der Waals surface area contributed by atoms with E-state index in [-0.39, 0.29) is 0 Å². The van der Waals surface area contributed by atoms with E-state index in [2.05, 4.69) is 9.98 Å². The van der Waals surface area contributed by atoms with E-state index in [1.165, 1.54) is 6.40 Å². The number of aromatic hydroxyl groups is 1. The zero-order chi connectivity index (χ0) is 19.9. The van der Waals surface area contributed by atoms with Crippen molar-refractivity contribution in [2.75, 3.05) is 0 Å². The van der Waals surface area contributed by atoms with E-state index in [0.29, 0.717) is 12.2 Å². The second-order valence-electron chi connectivity index (χ2n) is 7.28. The summed E-state index contributed by atoms with van der Waals surface area (Å²) in [5.74, 6) is 0.280. The van der Waals surface area contributed by atoms with Crippen LogP contribution in [0.3, 0.4) is 0 Å². The standard InChI is InChI=1S/C22H23N3O3/c1-14-15(2)21-19(16(3)20(14)26)11-22(4,28-21)27-13-24-17-5-7-18(8-6-17)25-10-9-23-12-25/h5-10,12-13,26H,11H2,1-4H3. The number of aliphatic imine (C=N–C) groups is 1. The van der Waals surface area contributed by atoms with Crippen molar-refractivity contribution in [3.63, 3.8) is 0 Å². The minimum absolute atomic E-state index is 0.329. The Kier molecular flexibility index (Phi) is 4.34. The topological polar surface area (TPSA) is 68.9 Å². The van der Waals surface area contributed by atoms with Crippen LogP contribution in [0.15, 0.2) is 48.0 Å². The number of phenols is 1. The first-order valence-corrected chi connectivity index (χ1v) is 9.17. The second kappa shape index (κ2) is 6.71. The third kappa shape index (κ3) is 3.11. The zero-order valence-electron chi connectivity index (χ0n) is 16.4. The van der Waals surface area contributed by atoms with Crippen molar-refractivity contribution in [3.8, 4) is 17.2 Å². The van der Waals surface area contributed by atoms with Gasteiger partial charge in [-0.25, -0.2) is 9.98 Å². The molecule has 1 aromatic heterocycles. The summed E-state index contributed by atoms with van der Waals surface area (Å²) in [5.41, 5.74) is 5.41. The predicted octanol–water partition coefficient (Wildman–Crippen LogP) is 4.53. The molecule has 1 aliphatic rings. The fourth-order valence-electron chi connectivity index (χ4n) is 3.48. The molecular formula is C22H23N3O3. The Morgan fingerprint density at radius 2 is 1.93 bits per heavy atom. The number of fused-ring (bicyclic) bond motifs is 1. The lowest BCUT2D eigenvalue weighted by Gasteiger charge is -2.22. The van der Waals surface area contributed by atoms with Gasteiger partial charge in [-0.1, -0.05) is 0 Å². The summed E-state index contributed by atoms with van der Waals surface area (Å²) < 4.78 is 13.9. The highest BCUT2D eigenvalue weighted by atomic mass is 16.7. The largest absolute Gasteiger partial charge is 0.507 e. The van der Waals surface area contributed by atoms with Crippen molar-refractivity contribution in [1.29, 1.82) is 0 Å². The third-order valence-electron chi connectivity index (χ3n) is 5.31. The minimum atomic E-state index is -0.849. The number of hydrogen-bond donors (Lipinski definition) is 1. The van der Waals surface area contributed by atoms with Gasteiger partial charge in [0.05, 0.1) is 18.4 Å². The number of nitrogens with zero attached hydrogens (tertiary/aromatic N) is 3. The third-order valence-corrected chi connectivity index (χ3v) is 5.31. The summed E-state index contributed by atoms with van der Waals surface area (Å²) in [5, 5.41) is 10.3. The maximum absolute atomic E-state index is 10.3. The average molecular weight is 377 g/mol. The van der Waals surface area contributed by atoms with Gasteiger partial charge < -0.3 is 19.1 Å². The highest BCUT2D eigenvalue weighted by Gasteiger charge is 2.39. The van der Waals surface area contributed by atoms with Crippen molar-refractivity contribution in [1.82, 2.24) is 9.55 Å². The Bertz CT molecular complexity index is 1000. The van der Waals surface area contributed by atoms with E-state index in [1.54, 1.807) is 12.5 Å². The van der Waals surface area contributed by atoms with Gasteiger partial charge in [0.2, 0.25) is 0 Å². The fraction of sp³-hybridized carbons (Fsp3) is 0.273. The molecule has 6 heteroatoms. The molecule has 1 N–H and O–H groups in total. The molecule has 0 bridgehead atoms. The summed E-state index contributed by atoms with van der Waals surface area (Å²) in [7, 11) is 0. The molecule has 0 radical (unpaired) electrons. The number of phenolic OH excluding ortho intramolecular Hbond substituents is 1. The summed E-state index contributed by atoms with van der Waals surface area (Å²) >= 11 is 0. The molecule has 0 fully saturated rings. The highest BCUT2D eigenvalue weighted by molar-refractivity contribution is 5.61. The average Bonchev–Trinajstić information content (AvgIpc) is 3.34. The molecule has 1 atom stereocenters. The lowest BCUT2D eigenvalue weighted by Crippen LogP contribution is -2.33. The number of imidazole rings is 1. The molecule has 6 nitrogen and oxygen atoms in total. The van der Waals surface area contributed by atoms with Gasteiger partial charge in [0.25, 0.3) is 5.79 Å². The SMILES string of the molecule is Cc1c(C)c2c(c(C)c1O)CC(C)(OC=Nc1ccc(-n3ccnc3)cc1)O2. The Hall–Kier alpha value is -3.28. The van der Waals surface area contributed by atoms with Crippen LogP contribution in [-0.4, -0.2) is 26.8 Å². The van der Waals surface area contributed by atoms with Crippen LogP contribution >= 0.6 is 0 Å². The van der Waals surface area contributed by atoms with Crippen LogP contribution in [0.5, 0.6) is 11.5 Å². The first-order valence-electron chi connectivity index (χ1n) is 9.17. The molecular weight excluding hydrogens is 354 g/mol. The quantitative estimate of drug-likeness (QED) is 0.536. The molecule has 0 aliphatic carbocycles. The van der Waals surface area contributed by atoms with E-state index in [9.17, 15) is 5.11 Å². The summed E-state index contributed by atoms with van der Waals surface area (Å²) in [6.07, 6.45) is 7.36. The van der Waals surface area contributed by atoms with Gasteiger partial charge in [-0.2, -0.15) is 0 Å². The van der Waals surface area contributed by atoms with E-state index in [0.717, 1.165) is 39.4 Å². The first kappa shape index (κ1) is 18.1. The van der Waals surface area contributed by atoms with E-state index in [4.69, 9.17) is 9.47 Å². The van der Waals surface area contributed by atoms with Crippen LogP contribution in [-0.2, 0) is 11.2 Å². The van der Waals surface area contributed by atoms with Crippen LogP contribution in [0.1, 0.15) is 29.2 Å². The van der Waals surface area contributed by atoms with E-state index in [1.807, 2.05) is 62.7 Å². The van der Waals surface area contributed by atoms with Crippen LogP contribution in [0.25, 0.3) is 5.69 Å². The summed E-state index contributed by atoms with van der Waals surface area (Å²) in [4.78, 5) is 8.42. The molecule has 1 unspecified atom stereocenters. The number of ether oxygens (including phenoxy) is 2. The molecule has 0 spiro atoms. The Balaban J connectivity index is 1.48. The number of rotatable bonds is 4. The highest BCUT2D eigenvalue weighted by Crippen LogP contribution is 2.45. The molecule has 4 rings (SSSR count). The second-order valence-corrected chi connectivity index (χ2v) is 7.28. The maximum atomic E-state index is 10.3. The smallest absolute Gasteiger partial charge is 0.253 e. The summed E-state index contributed by atoms with van der Waals surface area (Å²) in [6.45, 7) is 7.64. The number of benzene rings is 2. The van der Waals surface area contributed by atoms with Crippen molar-refractivity contribution in [2.24, 2.45) is 4.99 Å². The molecule has 28 heavy (non-hydrogen) atoms. The lowest BCUT2D eigenvalue weighted by molar-refractivity contribution is -0.0859. The van der Waals surface area contributed by atoms with Crippen molar-refractivity contribution in [2.45, 2.75) is 39.9 Å². The molecule has 2 aromatic carbocycles. The predicted molar refractivity (Wildman–Crippen MR) is 108 cm³/mol. The first-order chi connectivity index (χ1) is 13.4. The van der Waals surface area contributed by atoms with E-state index >= 15 is 0 Å². The molecule has 0 saturated carbocycles. The van der Waals surface area contributed by atoms with Crippen molar-refractivity contribution < 1.29 is 14.6 Å². The number of hydrogen-bond acceptors (Lipinski definition) is 5. The lowest BCUT2D eigenvalue weighted by atomic mass is 9.96. The van der Waals surface area contributed by atoms with Gasteiger partial charge in [0.15, 0.2) is 6.40 Å². The monoisotopic (exact) mass is 377 g/mol. The minimum Gasteiger partial charge on any atom is -0.507 e. The fourth-order valence-corrected chi connectivity index (χ4v) is 3.48. The molecule has 3 aromatic rings. The normalized spacial score (nSPS) is 18.3. The molecule has 1 aliphatic heterocycles. The Morgan fingerprint density at radius 3 is 2.61 bits per heavy atom. The van der Waals surface area contributed by atoms with Gasteiger partial charge >= 0.3 is 0 Å². The van der Waals surface area contributed by atoms with Crippen LogP contribution < -0.4 is 4.74 Å². The molecule has 0 amide bonds. The summed E-state index contributed by atoms with van der Waals surface area (Å²) in [6, 6.07) is 7.77. The van der Waals surface area contributed by atoms with Gasteiger partial charge in [-0.3, -0.25) is 0 Å². The molecule has 0 saturated heterocycles. The molecule has 2 heterocycles. The molecule has 144 valence electrons. The van der Waals surface area contributed by atoms with Crippen LogP contribution in [0.2, 0.25) is 0 Å². The van der Waals surface area contributed by atoms with Gasteiger partial charge in [0, 0.05) is 30.6 Å². The van der Waals surface area contributed by atoms with Crippen molar-refractivity contribution in [3.05, 3.63) is 65.2 Å². The van der Waals surface area contributed by atoms with Gasteiger partial charge in [0.1, 0.15) is 11.5 Å². The van der Waals surface area contributed by atoms with Crippen LogP contribution in [0, 0.1) is 20.8 Å². The maximum Gasteiger partial charge on any atom is 0.253 e. The number of aromatic nitrogens is 2. The van der Waals surface area contributed by atoms with E-state index < -0.39 is 5.79 Å². The van der Waals surface area contributed by atoms with Crippen LogP contribution in [0.4, 0.5) is 5.69 Å². The Morgan fingerprint density at radius 1 is 1.18 bits per heavy atom. The zero-order valence-corrected chi connectivity index (χ0v) is 16.4.